The van der Waals surface area contributed by atoms with Crippen LogP contribution in [0.15, 0.2) is 67.4 Å². The molecule has 0 spiro atoms. The number of benzene rings is 2. The summed E-state index contributed by atoms with van der Waals surface area (Å²) in [5.74, 6) is 6.84. The number of fused-ring (bicyclic) bond motifs is 1. The van der Waals surface area contributed by atoms with Crippen LogP contribution in [0.4, 0.5) is 16.5 Å². The summed E-state index contributed by atoms with van der Waals surface area (Å²) in [4.78, 5) is 19.6. The number of carbonyl (C=O) groups is 1. The van der Waals surface area contributed by atoms with Crippen molar-refractivity contribution in [3.05, 3.63) is 72.9 Å². The predicted octanol–water partition coefficient (Wildman–Crippen LogP) is 4.36. The molecule has 4 aromatic rings. The minimum atomic E-state index is -0.303. The number of nitrogens with two attached hydrogens (primary N) is 1. The Hall–Kier alpha value is -4.55. The fourth-order valence-electron chi connectivity index (χ4n) is 2.86. The number of phenols is 1. The number of nitrogens with one attached hydrogen (secondary N) is 2. The number of hydrogen-bond acceptors (Lipinski definition) is 8. The number of aromatic hydroxyl groups is 1. The summed E-state index contributed by atoms with van der Waals surface area (Å²) in [6, 6.07) is 14.2. The van der Waals surface area contributed by atoms with E-state index in [-0.39, 0.29) is 11.7 Å². The van der Waals surface area contributed by atoms with Crippen molar-refractivity contribution in [3.63, 3.8) is 0 Å². The van der Waals surface area contributed by atoms with Gasteiger partial charge in [0.25, 0.3) is 0 Å². The summed E-state index contributed by atoms with van der Waals surface area (Å²) in [6.07, 6.45) is 2.70. The topological polar surface area (TPSA) is 122 Å². The standard InChI is InChI=1S/C24H19N5O3S/c1-2-21(31)28-17-7-10-22(27-14-17)32-18-8-5-16(6-9-18)26-11-3-4-15-12-19(30)23-20(13-15)33-24(25)29-23/h2,5-10,12-14,26,30H,1,11H2,(H2,25,29)(H,28,31). The SMILES string of the molecule is C=CC(=O)Nc1ccc(Oc2ccc(NCC#Cc3cc(O)c4nc(N)sc4c3)cc2)nc1. The van der Waals surface area contributed by atoms with Crippen molar-refractivity contribution < 1.29 is 14.6 Å². The van der Waals surface area contributed by atoms with Crippen LogP contribution in [0.3, 0.4) is 0 Å². The zero-order valence-corrected chi connectivity index (χ0v) is 18.1. The molecular formula is C24H19N5O3S. The molecule has 2 aromatic carbocycles. The Morgan fingerprint density at radius 3 is 2.73 bits per heavy atom. The smallest absolute Gasteiger partial charge is 0.247 e. The summed E-state index contributed by atoms with van der Waals surface area (Å²) < 4.78 is 6.51. The van der Waals surface area contributed by atoms with Gasteiger partial charge in [0, 0.05) is 17.3 Å². The highest BCUT2D eigenvalue weighted by atomic mass is 32.1. The van der Waals surface area contributed by atoms with Gasteiger partial charge in [-0.05, 0) is 48.5 Å². The second kappa shape index (κ2) is 9.72. The van der Waals surface area contributed by atoms with Crippen molar-refractivity contribution >= 4 is 44.0 Å². The molecule has 0 atom stereocenters. The lowest BCUT2D eigenvalue weighted by atomic mass is 10.2. The number of phenolic OH excluding ortho intramolecular Hbond substituents is 1. The van der Waals surface area contributed by atoms with Gasteiger partial charge in [0.15, 0.2) is 5.13 Å². The van der Waals surface area contributed by atoms with E-state index in [2.05, 4.69) is 39.0 Å². The fraction of sp³-hybridized carbons (Fsp3) is 0.0417. The Morgan fingerprint density at radius 2 is 2.00 bits per heavy atom. The lowest BCUT2D eigenvalue weighted by Crippen LogP contribution is -2.07. The first-order valence-electron chi connectivity index (χ1n) is 9.79. The highest BCUT2D eigenvalue weighted by molar-refractivity contribution is 7.22. The molecule has 2 aromatic heterocycles. The van der Waals surface area contributed by atoms with Gasteiger partial charge in [0.05, 0.1) is 23.1 Å². The molecule has 33 heavy (non-hydrogen) atoms. The molecule has 0 bridgehead atoms. The van der Waals surface area contributed by atoms with E-state index < -0.39 is 0 Å². The van der Waals surface area contributed by atoms with E-state index in [1.54, 1.807) is 18.2 Å². The molecule has 0 saturated carbocycles. The normalized spacial score (nSPS) is 10.2. The summed E-state index contributed by atoms with van der Waals surface area (Å²) >= 11 is 1.31. The lowest BCUT2D eigenvalue weighted by molar-refractivity contribution is -0.111. The second-order valence-electron chi connectivity index (χ2n) is 6.75. The van der Waals surface area contributed by atoms with Crippen LogP contribution in [0.1, 0.15) is 5.56 Å². The van der Waals surface area contributed by atoms with Crippen LogP contribution in [0.5, 0.6) is 17.4 Å². The molecule has 0 fully saturated rings. The number of amides is 1. The maximum atomic E-state index is 11.3. The largest absolute Gasteiger partial charge is 0.506 e. The number of thiazole rings is 1. The molecule has 2 heterocycles. The Kier molecular flexibility index (Phi) is 6.38. The molecular weight excluding hydrogens is 438 g/mol. The minimum absolute atomic E-state index is 0.0685. The number of anilines is 3. The third kappa shape index (κ3) is 5.58. The average molecular weight is 458 g/mol. The van der Waals surface area contributed by atoms with E-state index >= 15 is 0 Å². The molecule has 0 aliphatic rings. The van der Waals surface area contributed by atoms with Crippen LogP contribution >= 0.6 is 11.3 Å². The number of aromatic nitrogens is 2. The number of carbonyl (C=O) groups excluding carboxylic acids is 1. The van der Waals surface area contributed by atoms with Gasteiger partial charge >= 0.3 is 0 Å². The molecule has 164 valence electrons. The molecule has 0 radical (unpaired) electrons. The van der Waals surface area contributed by atoms with Crippen LogP contribution in [-0.2, 0) is 4.79 Å². The summed E-state index contributed by atoms with van der Waals surface area (Å²) in [7, 11) is 0. The maximum absolute atomic E-state index is 11.3. The van der Waals surface area contributed by atoms with E-state index in [1.807, 2.05) is 30.3 Å². The predicted molar refractivity (Wildman–Crippen MR) is 131 cm³/mol. The Labute approximate surface area is 193 Å². The molecule has 0 aliphatic carbocycles. The van der Waals surface area contributed by atoms with E-state index in [0.717, 1.165) is 10.4 Å². The van der Waals surface area contributed by atoms with Crippen molar-refractivity contribution in [2.45, 2.75) is 0 Å². The Morgan fingerprint density at radius 1 is 1.21 bits per heavy atom. The Balaban J connectivity index is 1.31. The number of ether oxygens (including phenoxy) is 1. The van der Waals surface area contributed by atoms with Gasteiger partial charge in [0.2, 0.25) is 11.8 Å². The summed E-state index contributed by atoms with van der Waals surface area (Å²) in [5.41, 5.74) is 8.31. The van der Waals surface area contributed by atoms with E-state index in [1.165, 1.54) is 23.6 Å². The lowest BCUT2D eigenvalue weighted by Gasteiger charge is -2.07. The first-order chi connectivity index (χ1) is 16.0. The van der Waals surface area contributed by atoms with Crippen molar-refractivity contribution in [2.24, 2.45) is 0 Å². The van der Waals surface area contributed by atoms with Gasteiger partial charge in [-0.3, -0.25) is 4.79 Å². The zero-order valence-electron chi connectivity index (χ0n) is 17.3. The van der Waals surface area contributed by atoms with Gasteiger partial charge in [-0.25, -0.2) is 9.97 Å². The summed E-state index contributed by atoms with van der Waals surface area (Å²) in [6.45, 7) is 3.82. The van der Waals surface area contributed by atoms with E-state index in [4.69, 9.17) is 10.5 Å². The third-order valence-corrected chi connectivity index (χ3v) is 5.20. The first kappa shape index (κ1) is 21.7. The fourth-order valence-corrected chi connectivity index (χ4v) is 3.66. The first-order valence-corrected chi connectivity index (χ1v) is 10.6. The van der Waals surface area contributed by atoms with Gasteiger partial charge in [-0.1, -0.05) is 29.8 Å². The molecule has 0 unspecified atom stereocenters. The van der Waals surface area contributed by atoms with Crippen LogP contribution < -0.4 is 21.1 Å². The molecule has 0 saturated heterocycles. The zero-order chi connectivity index (χ0) is 23.2. The van der Waals surface area contributed by atoms with Crippen LogP contribution in [0.2, 0.25) is 0 Å². The van der Waals surface area contributed by atoms with Gasteiger partial charge < -0.3 is 26.2 Å². The number of rotatable bonds is 6. The average Bonchev–Trinajstić information content (AvgIpc) is 3.20. The molecule has 9 heteroatoms. The maximum Gasteiger partial charge on any atom is 0.247 e. The number of pyridine rings is 1. The van der Waals surface area contributed by atoms with Crippen LogP contribution in [0, 0.1) is 11.8 Å². The van der Waals surface area contributed by atoms with Gasteiger partial charge in [-0.2, -0.15) is 0 Å². The van der Waals surface area contributed by atoms with Gasteiger partial charge in [-0.15, -0.1) is 0 Å². The Bertz CT molecular complexity index is 1370. The number of hydrogen-bond donors (Lipinski definition) is 4. The molecule has 1 amide bonds. The van der Waals surface area contributed by atoms with Crippen molar-refractivity contribution in [3.8, 4) is 29.2 Å². The summed E-state index contributed by atoms with van der Waals surface area (Å²) in [5, 5.41) is 16.3. The van der Waals surface area contributed by atoms with Crippen molar-refractivity contribution in [1.29, 1.82) is 0 Å². The second-order valence-corrected chi connectivity index (χ2v) is 7.82. The third-order valence-electron chi connectivity index (χ3n) is 4.37. The van der Waals surface area contributed by atoms with Crippen molar-refractivity contribution in [2.75, 3.05) is 22.9 Å². The molecule has 4 rings (SSSR count). The van der Waals surface area contributed by atoms with E-state index in [9.17, 15) is 9.90 Å². The quantitative estimate of drug-likeness (QED) is 0.251. The minimum Gasteiger partial charge on any atom is -0.506 e. The van der Waals surface area contributed by atoms with Crippen LogP contribution in [0.25, 0.3) is 10.2 Å². The number of nitrogens with zero attached hydrogens (tertiary/aromatic N) is 2. The van der Waals surface area contributed by atoms with E-state index in [0.29, 0.717) is 40.1 Å². The van der Waals surface area contributed by atoms with Crippen molar-refractivity contribution in [1.82, 2.24) is 9.97 Å². The molecule has 8 nitrogen and oxygen atoms in total. The molecule has 0 aliphatic heterocycles. The number of nitrogen functional groups attached to an aromatic ring is 1. The molecule has 5 N–H and O–H groups in total. The highest BCUT2D eigenvalue weighted by Gasteiger charge is 2.07. The van der Waals surface area contributed by atoms with Gasteiger partial charge in [0.1, 0.15) is 17.0 Å². The van der Waals surface area contributed by atoms with Crippen LogP contribution in [-0.4, -0.2) is 27.5 Å². The highest BCUT2D eigenvalue weighted by Crippen LogP contribution is 2.31. The monoisotopic (exact) mass is 457 g/mol.